The number of aryl methyl sites for hydroxylation is 3. The van der Waals surface area contributed by atoms with Gasteiger partial charge in [0.2, 0.25) is 0 Å². The summed E-state index contributed by atoms with van der Waals surface area (Å²) in [5, 5.41) is 0. The van der Waals surface area contributed by atoms with Crippen molar-refractivity contribution in [1.29, 1.82) is 0 Å². The number of benzene rings is 1. The maximum Gasteiger partial charge on any atom is 0.311 e. The van der Waals surface area contributed by atoms with Gasteiger partial charge < -0.3 is 4.74 Å². The molecule has 1 rings (SSSR count). The van der Waals surface area contributed by atoms with E-state index >= 15 is 0 Å². The van der Waals surface area contributed by atoms with Crippen molar-refractivity contribution in [1.82, 2.24) is 0 Å². The first-order valence-corrected chi connectivity index (χ1v) is 6.54. The van der Waals surface area contributed by atoms with Crippen LogP contribution in [0.3, 0.4) is 0 Å². The fourth-order valence-corrected chi connectivity index (χ4v) is 1.62. The molecule has 100 valence electrons. The lowest BCUT2D eigenvalue weighted by Crippen LogP contribution is -2.23. The van der Waals surface area contributed by atoms with Crippen LogP contribution in [0.15, 0.2) is 18.2 Å². The van der Waals surface area contributed by atoms with Crippen LogP contribution in [-0.2, 0) is 16.0 Å². The van der Waals surface area contributed by atoms with E-state index < -0.39 is 5.41 Å². The van der Waals surface area contributed by atoms with E-state index in [1.807, 2.05) is 20.8 Å². The van der Waals surface area contributed by atoms with Crippen molar-refractivity contribution in [2.75, 3.05) is 6.61 Å². The number of carbonyl (C=O) groups is 1. The molecule has 0 atom stereocenters. The van der Waals surface area contributed by atoms with E-state index in [0.29, 0.717) is 6.61 Å². The Morgan fingerprint density at radius 3 is 2.39 bits per heavy atom. The van der Waals surface area contributed by atoms with E-state index in [-0.39, 0.29) is 5.97 Å². The first kappa shape index (κ1) is 14.7. The highest BCUT2D eigenvalue weighted by Gasteiger charge is 2.22. The van der Waals surface area contributed by atoms with E-state index in [1.54, 1.807) is 0 Å². The number of hydrogen-bond donors (Lipinski definition) is 0. The molecule has 0 aliphatic rings. The summed E-state index contributed by atoms with van der Waals surface area (Å²) in [6.07, 6.45) is 1.84. The predicted octanol–water partition coefficient (Wildman–Crippen LogP) is 3.83. The van der Waals surface area contributed by atoms with Crippen LogP contribution < -0.4 is 0 Å². The Kier molecular flexibility index (Phi) is 4.94. The molecule has 18 heavy (non-hydrogen) atoms. The lowest BCUT2D eigenvalue weighted by atomic mass is 9.97. The second-order valence-corrected chi connectivity index (χ2v) is 5.91. The Labute approximate surface area is 110 Å². The third-order valence-electron chi connectivity index (χ3n) is 3.03. The van der Waals surface area contributed by atoms with Crippen molar-refractivity contribution in [3.8, 4) is 0 Å². The number of hydrogen-bond acceptors (Lipinski definition) is 2. The van der Waals surface area contributed by atoms with Gasteiger partial charge in [0.25, 0.3) is 0 Å². The van der Waals surface area contributed by atoms with Gasteiger partial charge in [-0.3, -0.25) is 4.79 Å². The summed E-state index contributed by atoms with van der Waals surface area (Å²) in [7, 11) is 0. The highest BCUT2D eigenvalue weighted by atomic mass is 16.5. The molecule has 0 saturated carbocycles. The number of ether oxygens (including phenoxy) is 1. The van der Waals surface area contributed by atoms with Crippen LogP contribution in [-0.4, -0.2) is 12.6 Å². The average molecular weight is 248 g/mol. The zero-order valence-corrected chi connectivity index (χ0v) is 12.2. The second-order valence-electron chi connectivity index (χ2n) is 5.91. The summed E-state index contributed by atoms with van der Waals surface area (Å²) in [5.74, 6) is -0.123. The highest BCUT2D eigenvalue weighted by Crippen LogP contribution is 2.16. The lowest BCUT2D eigenvalue weighted by molar-refractivity contribution is -0.153. The molecule has 0 heterocycles. The summed E-state index contributed by atoms with van der Waals surface area (Å²) in [6, 6.07) is 6.50. The minimum atomic E-state index is -0.402. The fourth-order valence-electron chi connectivity index (χ4n) is 1.62. The van der Waals surface area contributed by atoms with Gasteiger partial charge in [-0.05, 0) is 64.2 Å². The van der Waals surface area contributed by atoms with E-state index in [9.17, 15) is 4.79 Å². The lowest BCUT2D eigenvalue weighted by Gasteiger charge is -2.16. The Balaban J connectivity index is 2.34. The zero-order chi connectivity index (χ0) is 13.8. The van der Waals surface area contributed by atoms with Crippen molar-refractivity contribution in [3.05, 3.63) is 34.9 Å². The molecule has 0 spiro atoms. The summed E-state index contributed by atoms with van der Waals surface area (Å²) in [4.78, 5) is 11.6. The first-order chi connectivity index (χ1) is 8.30. The normalized spacial score (nSPS) is 11.4. The average Bonchev–Trinajstić information content (AvgIpc) is 2.27. The molecule has 0 bridgehead atoms. The quantitative estimate of drug-likeness (QED) is 0.598. The fraction of sp³-hybridized carbons (Fsp3) is 0.562. The number of esters is 1. The maximum atomic E-state index is 11.6. The van der Waals surface area contributed by atoms with Crippen LogP contribution >= 0.6 is 0 Å². The van der Waals surface area contributed by atoms with Crippen LogP contribution in [0, 0.1) is 19.3 Å². The van der Waals surface area contributed by atoms with Gasteiger partial charge in [-0.1, -0.05) is 18.2 Å². The standard InChI is InChI=1S/C16H24O2/c1-12-8-9-14(11-13(12)2)7-6-10-18-15(17)16(3,4)5/h8-9,11H,6-7,10H2,1-5H3. The zero-order valence-electron chi connectivity index (χ0n) is 12.2. The second kappa shape index (κ2) is 6.03. The van der Waals surface area contributed by atoms with Gasteiger partial charge in [-0.15, -0.1) is 0 Å². The van der Waals surface area contributed by atoms with Crippen molar-refractivity contribution in [2.24, 2.45) is 5.41 Å². The Hall–Kier alpha value is -1.31. The summed E-state index contributed by atoms with van der Waals surface area (Å²) in [5.41, 5.74) is 3.54. The van der Waals surface area contributed by atoms with Crippen LogP contribution in [0.1, 0.15) is 43.9 Å². The number of carbonyl (C=O) groups excluding carboxylic acids is 1. The highest BCUT2D eigenvalue weighted by molar-refractivity contribution is 5.75. The van der Waals surface area contributed by atoms with E-state index in [2.05, 4.69) is 32.0 Å². The van der Waals surface area contributed by atoms with E-state index in [1.165, 1.54) is 16.7 Å². The van der Waals surface area contributed by atoms with Crippen molar-refractivity contribution >= 4 is 5.97 Å². The molecule has 0 N–H and O–H groups in total. The first-order valence-electron chi connectivity index (χ1n) is 6.54. The molecule has 0 unspecified atom stereocenters. The van der Waals surface area contributed by atoms with Crippen LogP contribution in [0.25, 0.3) is 0 Å². The van der Waals surface area contributed by atoms with Crippen molar-refractivity contribution < 1.29 is 9.53 Å². The Morgan fingerprint density at radius 1 is 1.17 bits per heavy atom. The molecule has 2 nitrogen and oxygen atoms in total. The molecule has 0 aromatic heterocycles. The molecule has 2 heteroatoms. The topological polar surface area (TPSA) is 26.3 Å². The third kappa shape index (κ3) is 4.52. The Bertz CT molecular complexity index is 414. The summed E-state index contributed by atoms with van der Waals surface area (Å²) >= 11 is 0. The van der Waals surface area contributed by atoms with Gasteiger partial charge in [0, 0.05) is 0 Å². The Morgan fingerprint density at radius 2 is 1.83 bits per heavy atom. The molecular weight excluding hydrogens is 224 g/mol. The molecule has 0 fully saturated rings. The summed E-state index contributed by atoms with van der Waals surface area (Å²) in [6.45, 7) is 10.4. The van der Waals surface area contributed by atoms with Gasteiger partial charge in [-0.2, -0.15) is 0 Å². The molecule has 0 aliphatic heterocycles. The molecular formula is C16H24O2. The molecule has 1 aromatic carbocycles. The molecule has 0 aliphatic carbocycles. The smallest absolute Gasteiger partial charge is 0.311 e. The van der Waals surface area contributed by atoms with Crippen LogP contribution in [0.5, 0.6) is 0 Å². The van der Waals surface area contributed by atoms with Gasteiger partial charge in [0.1, 0.15) is 0 Å². The largest absolute Gasteiger partial charge is 0.465 e. The summed E-state index contributed by atoms with van der Waals surface area (Å²) < 4.78 is 5.24. The van der Waals surface area contributed by atoms with Crippen molar-refractivity contribution in [3.63, 3.8) is 0 Å². The molecule has 1 aromatic rings. The monoisotopic (exact) mass is 248 g/mol. The van der Waals surface area contributed by atoms with Gasteiger partial charge in [-0.25, -0.2) is 0 Å². The maximum absolute atomic E-state index is 11.6. The minimum Gasteiger partial charge on any atom is -0.465 e. The number of rotatable bonds is 4. The van der Waals surface area contributed by atoms with Gasteiger partial charge in [0.15, 0.2) is 0 Å². The van der Waals surface area contributed by atoms with E-state index in [0.717, 1.165) is 12.8 Å². The van der Waals surface area contributed by atoms with E-state index in [4.69, 9.17) is 4.74 Å². The predicted molar refractivity (Wildman–Crippen MR) is 74.7 cm³/mol. The van der Waals surface area contributed by atoms with Gasteiger partial charge in [0.05, 0.1) is 12.0 Å². The van der Waals surface area contributed by atoms with Crippen LogP contribution in [0.4, 0.5) is 0 Å². The van der Waals surface area contributed by atoms with Gasteiger partial charge >= 0.3 is 5.97 Å². The molecule has 0 saturated heterocycles. The SMILES string of the molecule is Cc1ccc(CCCOC(=O)C(C)(C)C)cc1C. The van der Waals surface area contributed by atoms with Crippen molar-refractivity contribution in [2.45, 2.75) is 47.5 Å². The van der Waals surface area contributed by atoms with Crippen LogP contribution in [0.2, 0.25) is 0 Å². The third-order valence-corrected chi connectivity index (χ3v) is 3.03. The molecule has 0 radical (unpaired) electrons. The molecule has 0 amide bonds. The minimum absolute atomic E-state index is 0.123.